The molecular formula is C16H30O8Si. The third kappa shape index (κ3) is 7.98. The van der Waals surface area contributed by atoms with Gasteiger partial charge in [0.1, 0.15) is 6.10 Å². The quantitative estimate of drug-likeness (QED) is 0.460. The Morgan fingerprint density at radius 2 is 1.56 bits per heavy atom. The Bertz CT molecular complexity index is 481. The van der Waals surface area contributed by atoms with E-state index in [1.807, 2.05) is 13.1 Å². The highest BCUT2D eigenvalue weighted by Crippen LogP contribution is 2.36. The SMILES string of the molecule is C[C@H](O)C(=O)O[C@@H](C)C(=O)O[C@@H](CCO[Si](C)(C)C(C)(C)C)C(=O)O. The lowest BCUT2D eigenvalue weighted by Gasteiger charge is -2.36. The first kappa shape index (κ1) is 23.5. The Morgan fingerprint density at radius 3 is 1.96 bits per heavy atom. The van der Waals surface area contributed by atoms with Crippen LogP contribution >= 0.6 is 0 Å². The lowest BCUT2D eigenvalue weighted by atomic mass is 10.2. The fourth-order valence-corrected chi connectivity index (χ4v) is 2.49. The summed E-state index contributed by atoms with van der Waals surface area (Å²) in [6.45, 7) is 12.8. The number of aliphatic hydroxyl groups excluding tert-OH is 1. The number of carboxylic acids is 1. The minimum Gasteiger partial charge on any atom is -0.479 e. The van der Waals surface area contributed by atoms with Gasteiger partial charge in [-0.05, 0) is 32.0 Å². The van der Waals surface area contributed by atoms with Gasteiger partial charge in [-0.1, -0.05) is 20.8 Å². The van der Waals surface area contributed by atoms with Crippen molar-refractivity contribution in [2.75, 3.05) is 6.61 Å². The summed E-state index contributed by atoms with van der Waals surface area (Å²) < 4.78 is 15.4. The summed E-state index contributed by atoms with van der Waals surface area (Å²) in [5, 5.41) is 18.2. The van der Waals surface area contributed by atoms with Gasteiger partial charge < -0.3 is 24.1 Å². The second-order valence-corrected chi connectivity index (χ2v) is 12.2. The molecule has 0 bridgehead atoms. The molecular weight excluding hydrogens is 348 g/mol. The first-order chi connectivity index (χ1) is 11.2. The van der Waals surface area contributed by atoms with Crippen molar-refractivity contribution < 1.29 is 38.5 Å². The average molecular weight is 378 g/mol. The summed E-state index contributed by atoms with van der Waals surface area (Å²) in [5.74, 6) is -3.28. The lowest BCUT2D eigenvalue weighted by molar-refractivity contribution is -0.179. The van der Waals surface area contributed by atoms with Crippen molar-refractivity contribution in [2.45, 2.75) is 77.5 Å². The Balaban J connectivity index is 4.64. The highest BCUT2D eigenvalue weighted by molar-refractivity contribution is 6.74. The van der Waals surface area contributed by atoms with Crippen LogP contribution in [0.3, 0.4) is 0 Å². The fourth-order valence-electron chi connectivity index (χ4n) is 1.43. The van der Waals surface area contributed by atoms with Gasteiger partial charge in [-0.3, -0.25) is 0 Å². The summed E-state index contributed by atoms with van der Waals surface area (Å²) >= 11 is 0. The number of aliphatic hydroxyl groups is 1. The van der Waals surface area contributed by atoms with E-state index in [9.17, 15) is 19.5 Å². The summed E-state index contributed by atoms with van der Waals surface area (Å²) in [6, 6.07) is 0. The fraction of sp³-hybridized carbons (Fsp3) is 0.812. The van der Waals surface area contributed by atoms with Crippen molar-refractivity contribution in [2.24, 2.45) is 0 Å². The molecule has 0 radical (unpaired) electrons. The number of ether oxygens (including phenoxy) is 2. The maximum absolute atomic E-state index is 11.9. The summed E-state index contributed by atoms with van der Waals surface area (Å²) in [5.41, 5.74) is 0. The molecule has 9 heteroatoms. The largest absolute Gasteiger partial charge is 0.479 e. The Hall–Kier alpha value is -1.45. The van der Waals surface area contributed by atoms with Gasteiger partial charge in [0, 0.05) is 13.0 Å². The van der Waals surface area contributed by atoms with Crippen LogP contribution in [-0.2, 0) is 28.3 Å². The first-order valence-corrected chi connectivity index (χ1v) is 11.1. The monoisotopic (exact) mass is 378 g/mol. The molecule has 0 aliphatic carbocycles. The number of carboxylic acid groups (broad SMARTS) is 1. The average Bonchev–Trinajstić information content (AvgIpc) is 2.44. The summed E-state index contributed by atoms with van der Waals surface area (Å²) in [7, 11) is -2.03. The molecule has 0 heterocycles. The van der Waals surface area contributed by atoms with Crippen LogP contribution < -0.4 is 0 Å². The van der Waals surface area contributed by atoms with Gasteiger partial charge in [-0.25, -0.2) is 14.4 Å². The predicted molar refractivity (Wildman–Crippen MR) is 92.5 cm³/mol. The van der Waals surface area contributed by atoms with Gasteiger partial charge in [0.15, 0.2) is 14.4 Å². The molecule has 0 saturated carbocycles. The second-order valence-electron chi connectivity index (χ2n) is 7.42. The second kappa shape index (κ2) is 9.30. The maximum atomic E-state index is 11.9. The minimum absolute atomic E-state index is 0.00927. The zero-order chi connectivity index (χ0) is 20.0. The van der Waals surface area contributed by atoms with Gasteiger partial charge >= 0.3 is 17.9 Å². The molecule has 146 valence electrons. The van der Waals surface area contributed by atoms with E-state index >= 15 is 0 Å². The lowest BCUT2D eigenvalue weighted by Crippen LogP contribution is -2.42. The number of carbonyl (C=O) groups excluding carboxylic acids is 2. The highest BCUT2D eigenvalue weighted by Gasteiger charge is 2.37. The number of hydrogen-bond donors (Lipinski definition) is 2. The van der Waals surface area contributed by atoms with E-state index in [0.717, 1.165) is 0 Å². The van der Waals surface area contributed by atoms with Crippen LogP contribution in [-0.4, -0.2) is 61.4 Å². The van der Waals surface area contributed by atoms with E-state index in [1.54, 1.807) is 0 Å². The molecule has 0 amide bonds. The molecule has 0 aromatic rings. The van der Waals surface area contributed by atoms with Crippen LogP contribution in [0.4, 0.5) is 0 Å². The van der Waals surface area contributed by atoms with Crippen molar-refractivity contribution in [1.29, 1.82) is 0 Å². The molecule has 0 aliphatic heterocycles. The summed E-state index contributed by atoms with van der Waals surface area (Å²) in [6.07, 6.45) is -4.11. The molecule has 0 rings (SSSR count). The van der Waals surface area contributed by atoms with Crippen LogP contribution in [0.1, 0.15) is 41.0 Å². The van der Waals surface area contributed by atoms with E-state index < -0.39 is 44.5 Å². The molecule has 25 heavy (non-hydrogen) atoms. The van der Waals surface area contributed by atoms with Crippen molar-refractivity contribution in [3.63, 3.8) is 0 Å². The Morgan fingerprint density at radius 1 is 1.04 bits per heavy atom. The van der Waals surface area contributed by atoms with Gasteiger partial charge in [0.2, 0.25) is 6.10 Å². The molecule has 0 unspecified atom stereocenters. The summed E-state index contributed by atoms with van der Waals surface area (Å²) in [4.78, 5) is 34.4. The molecule has 0 aromatic heterocycles. The molecule has 0 aliphatic rings. The minimum atomic E-state index is -2.03. The molecule has 3 atom stereocenters. The van der Waals surface area contributed by atoms with Crippen LogP contribution in [0.2, 0.25) is 18.1 Å². The third-order valence-corrected chi connectivity index (χ3v) is 8.69. The number of esters is 2. The van der Waals surface area contributed by atoms with E-state index in [0.29, 0.717) is 0 Å². The number of rotatable bonds is 9. The standard InChI is InChI=1S/C16H30O8Si/c1-10(17)14(20)23-11(2)15(21)24-12(13(18)19)8-9-22-25(6,7)16(3,4)5/h10-12,17H,8-9H2,1-7H3,(H,18,19)/t10-,11-,12-/m0/s1. The number of carbonyl (C=O) groups is 3. The maximum Gasteiger partial charge on any atom is 0.348 e. The van der Waals surface area contributed by atoms with Crippen molar-refractivity contribution >= 4 is 26.2 Å². The zero-order valence-electron chi connectivity index (χ0n) is 16.0. The highest BCUT2D eigenvalue weighted by atomic mass is 28.4. The van der Waals surface area contributed by atoms with Crippen molar-refractivity contribution in [3.8, 4) is 0 Å². The normalized spacial score (nSPS) is 15.8. The van der Waals surface area contributed by atoms with Gasteiger partial charge in [0.25, 0.3) is 0 Å². The molecule has 0 fully saturated rings. The molecule has 8 nitrogen and oxygen atoms in total. The Labute approximate surface area is 149 Å². The van der Waals surface area contributed by atoms with Crippen LogP contribution in [0.5, 0.6) is 0 Å². The number of aliphatic carboxylic acids is 1. The van der Waals surface area contributed by atoms with Crippen LogP contribution in [0, 0.1) is 0 Å². The Kier molecular flexibility index (Phi) is 8.76. The van der Waals surface area contributed by atoms with Gasteiger partial charge in [0.05, 0.1) is 0 Å². The molecule has 0 saturated heterocycles. The van der Waals surface area contributed by atoms with E-state index in [-0.39, 0.29) is 18.1 Å². The van der Waals surface area contributed by atoms with Crippen molar-refractivity contribution in [1.82, 2.24) is 0 Å². The van der Waals surface area contributed by atoms with Crippen LogP contribution in [0.15, 0.2) is 0 Å². The molecule has 0 spiro atoms. The van der Waals surface area contributed by atoms with Gasteiger partial charge in [-0.15, -0.1) is 0 Å². The van der Waals surface area contributed by atoms with E-state index in [2.05, 4.69) is 25.5 Å². The predicted octanol–water partition coefficient (Wildman–Crippen LogP) is 1.71. The third-order valence-electron chi connectivity index (χ3n) is 4.15. The number of hydrogen-bond acceptors (Lipinski definition) is 7. The molecule has 0 aromatic carbocycles. The van der Waals surface area contributed by atoms with E-state index in [4.69, 9.17) is 14.3 Å². The van der Waals surface area contributed by atoms with Gasteiger partial charge in [-0.2, -0.15) is 0 Å². The first-order valence-electron chi connectivity index (χ1n) is 8.15. The van der Waals surface area contributed by atoms with Crippen molar-refractivity contribution in [3.05, 3.63) is 0 Å². The smallest absolute Gasteiger partial charge is 0.348 e. The topological polar surface area (TPSA) is 119 Å². The van der Waals surface area contributed by atoms with E-state index in [1.165, 1.54) is 13.8 Å². The zero-order valence-corrected chi connectivity index (χ0v) is 17.0. The molecule has 2 N–H and O–H groups in total. The van der Waals surface area contributed by atoms with Crippen LogP contribution in [0.25, 0.3) is 0 Å².